The number of nitrogens with zero attached hydrogens (tertiary/aromatic N) is 2. The first kappa shape index (κ1) is 18.8. The molecule has 150 valence electrons. The van der Waals surface area contributed by atoms with Crippen LogP contribution < -0.4 is 10.1 Å². The van der Waals surface area contributed by atoms with Crippen molar-refractivity contribution in [2.75, 3.05) is 31.6 Å². The molecule has 2 fully saturated rings. The number of benzene rings is 1. The van der Waals surface area contributed by atoms with Gasteiger partial charge in [-0.05, 0) is 50.3 Å². The lowest BCUT2D eigenvalue weighted by Crippen LogP contribution is -2.40. The standard InChI is InChI=1S/C21H28N4O3/c26-21(25-12-9-16(10-13-25)18-8-11-22-24-18)23-19-6-1-2-7-20(19)28-15-17-5-3-4-14-27-17/h1-2,6-8,11,16-17H,3-5,9-10,12-15H2,(H,22,24)(H,23,26). The van der Waals surface area contributed by atoms with Crippen molar-refractivity contribution in [3.63, 3.8) is 0 Å². The Hall–Kier alpha value is -2.54. The fourth-order valence-corrected chi connectivity index (χ4v) is 3.90. The molecule has 28 heavy (non-hydrogen) atoms. The molecule has 4 rings (SSSR count). The van der Waals surface area contributed by atoms with E-state index in [4.69, 9.17) is 9.47 Å². The maximum atomic E-state index is 12.7. The van der Waals surface area contributed by atoms with Crippen LogP contribution in [-0.2, 0) is 4.74 Å². The first-order chi connectivity index (χ1) is 13.8. The van der Waals surface area contributed by atoms with Gasteiger partial charge in [-0.25, -0.2) is 4.79 Å². The van der Waals surface area contributed by atoms with Crippen molar-refractivity contribution in [1.29, 1.82) is 0 Å². The molecular weight excluding hydrogens is 356 g/mol. The predicted molar refractivity (Wildman–Crippen MR) is 107 cm³/mol. The van der Waals surface area contributed by atoms with Crippen LogP contribution in [0.1, 0.15) is 43.7 Å². The molecule has 2 aliphatic rings. The number of aromatic nitrogens is 2. The van der Waals surface area contributed by atoms with E-state index >= 15 is 0 Å². The predicted octanol–water partition coefficient (Wildman–Crippen LogP) is 3.77. The minimum Gasteiger partial charge on any atom is -0.489 e. The van der Waals surface area contributed by atoms with Crippen molar-refractivity contribution in [2.24, 2.45) is 0 Å². The highest BCUT2D eigenvalue weighted by atomic mass is 16.5. The van der Waals surface area contributed by atoms with Gasteiger partial charge in [0.15, 0.2) is 0 Å². The highest BCUT2D eigenvalue weighted by Crippen LogP contribution is 2.28. The second-order valence-electron chi connectivity index (χ2n) is 7.50. The number of nitrogens with one attached hydrogen (secondary N) is 2. The van der Waals surface area contributed by atoms with Gasteiger partial charge in [0.2, 0.25) is 0 Å². The number of piperidine rings is 1. The minimum atomic E-state index is -0.0759. The lowest BCUT2D eigenvalue weighted by Gasteiger charge is -2.31. The Balaban J connectivity index is 1.30. The molecule has 2 N–H and O–H groups in total. The smallest absolute Gasteiger partial charge is 0.321 e. The van der Waals surface area contributed by atoms with Crippen molar-refractivity contribution in [1.82, 2.24) is 15.1 Å². The second kappa shape index (κ2) is 9.10. The maximum absolute atomic E-state index is 12.7. The summed E-state index contributed by atoms with van der Waals surface area (Å²) in [6, 6.07) is 9.54. The van der Waals surface area contributed by atoms with Crippen molar-refractivity contribution in [3.8, 4) is 5.75 Å². The molecule has 2 saturated heterocycles. The van der Waals surface area contributed by atoms with E-state index in [0.717, 1.165) is 51.1 Å². The minimum absolute atomic E-state index is 0.0759. The first-order valence-corrected chi connectivity index (χ1v) is 10.2. The number of amides is 2. The van der Waals surface area contributed by atoms with Gasteiger partial charge in [-0.3, -0.25) is 5.10 Å². The molecule has 0 aliphatic carbocycles. The number of aromatic amines is 1. The van der Waals surface area contributed by atoms with Gasteiger partial charge in [0.05, 0.1) is 11.8 Å². The van der Waals surface area contributed by atoms with Gasteiger partial charge in [0.1, 0.15) is 12.4 Å². The van der Waals surface area contributed by atoms with Gasteiger partial charge < -0.3 is 19.7 Å². The zero-order chi connectivity index (χ0) is 19.2. The summed E-state index contributed by atoms with van der Waals surface area (Å²) >= 11 is 0. The highest BCUT2D eigenvalue weighted by Gasteiger charge is 2.25. The van der Waals surface area contributed by atoms with Crippen LogP contribution in [0.3, 0.4) is 0 Å². The molecule has 7 nitrogen and oxygen atoms in total. The van der Waals surface area contributed by atoms with E-state index in [1.165, 1.54) is 6.42 Å². The Kier molecular flexibility index (Phi) is 6.11. The van der Waals surface area contributed by atoms with Crippen molar-refractivity contribution in [2.45, 2.75) is 44.1 Å². The summed E-state index contributed by atoms with van der Waals surface area (Å²) in [5.74, 6) is 1.13. The van der Waals surface area contributed by atoms with Gasteiger partial charge in [-0.2, -0.15) is 5.10 Å². The normalized spacial score (nSPS) is 20.7. The van der Waals surface area contributed by atoms with Crippen LogP contribution in [0.4, 0.5) is 10.5 Å². The second-order valence-corrected chi connectivity index (χ2v) is 7.50. The highest BCUT2D eigenvalue weighted by molar-refractivity contribution is 5.91. The van der Waals surface area contributed by atoms with E-state index in [0.29, 0.717) is 24.0 Å². The Morgan fingerprint density at radius 2 is 2.07 bits per heavy atom. The molecule has 1 aromatic carbocycles. The number of urea groups is 1. The number of hydrogen-bond acceptors (Lipinski definition) is 4. The average molecular weight is 384 g/mol. The molecule has 0 saturated carbocycles. The summed E-state index contributed by atoms with van der Waals surface area (Å²) < 4.78 is 11.7. The van der Waals surface area contributed by atoms with Crippen LogP contribution in [0.2, 0.25) is 0 Å². The van der Waals surface area contributed by atoms with Crippen molar-refractivity contribution < 1.29 is 14.3 Å². The van der Waals surface area contributed by atoms with Crippen LogP contribution in [0.15, 0.2) is 36.5 Å². The topological polar surface area (TPSA) is 79.5 Å². The van der Waals surface area contributed by atoms with Crippen molar-refractivity contribution >= 4 is 11.7 Å². The van der Waals surface area contributed by atoms with Crippen LogP contribution >= 0.6 is 0 Å². The summed E-state index contributed by atoms with van der Waals surface area (Å²) in [7, 11) is 0. The number of hydrogen-bond donors (Lipinski definition) is 2. The molecule has 2 amide bonds. The molecule has 3 heterocycles. The molecule has 0 bridgehead atoms. The quantitative estimate of drug-likeness (QED) is 0.822. The van der Waals surface area contributed by atoms with Gasteiger partial charge in [-0.1, -0.05) is 12.1 Å². The first-order valence-electron chi connectivity index (χ1n) is 10.2. The maximum Gasteiger partial charge on any atom is 0.321 e. The van der Waals surface area contributed by atoms with E-state index in [1.54, 1.807) is 6.20 Å². The zero-order valence-corrected chi connectivity index (χ0v) is 16.1. The number of ether oxygens (including phenoxy) is 2. The van der Waals surface area contributed by atoms with E-state index in [1.807, 2.05) is 35.2 Å². The number of para-hydroxylation sites is 2. The average Bonchev–Trinajstić information content (AvgIpc) is 3.29. The number of anilines is 1. The number of carbonyl (C=O) groups is 1. The number of carbonyl (C=O) groups excluding carboxylic acids is 1. The summed E-state index contributed by atoms with van der Waals surface area (Å²) in [6.07, 6.45) is 7.13. The van der Waals surface area contributed by atoms with E-state index in [-0.39, 0.29) is 12.1 Å². The third-order valence-corrected chi connectivity index (χ3v) is 5.57. The largest absolute Gasteiger partial charge is 0.489 e. The SMILES string of the molecule is O=C(Nc1ccccc1OCC1CCCCO1)N1CCC(c2ccn[nH]2)CC1. The molecular formula is C21H28N4O3. The third kappa shape index (κ3) is 4.65. The van der Waals surface area contributed by atoms with Crippen LogP contribution in [-0.4, -0.2) is 53.5 Å². The molecule has 7 heteroatoms. The van der Waals surface area contributed by atoms with E-state index in [2.05, 4.69) is 15.5 Å². The van der Waals surface area contributed by atoms with E-state index in [9.17, 15) is 4.79 Å². The summed E-state index contributed by atoms with van der Waals surface area (Å²) in [5.41, 5.74) is 1.86. The number of H-pyrrole nitrogens is 1. The third-order valence-electron chi connectivity index (χ3n) is 5.57. The van der Waals surface area contributed by atoms with Gasteiger partial charge in [0.25, 0.3) is 0 Å². The lowest BCUT2D eigenvalue weighted by atomic mass is 9.94. The molecule has 1 unspecified atom stereocenters. The Labute approximate surface area is 165 Å². The molecule has 1 atom stereocenters. The fourth-order valence-electron chi connectivity index (χ4n) is 3.90. The van der Waals surface area contributed by atoms with Crippen LogP contribution in [0.25, 0.3) is 0 Å². The number of rotatable bonds is 5. The molecule has 0 radical (unpaired) electrons. The van der Waals surface area contributed by atoms with Gasteiger partial charge in [0, 0.05) is 37.5 Å². The Bertz CT molecular complexity index is 751. The van der Waals surface area contributed by atoms with Gasteiger partial charge in [-0.15, -0.1) is 0 Å². The molecule has 1 aromatic heterocycles. The Morgan fingerprint density at radius 3 is 2.82 bits per heavy atom. The zero-order valence-electron chi connectivity index (χ0n) is 16.1. The monoisotopic (exact) mass is 384 g/mol. The van der Waals surface area contributed by atoms with E-state index < -0.39 is 0 Å². The lowest BCUT2D eigenvalue weighted by molar-refractivity contribution is -0.0109. The summed E-state index contributed by atoms with van der Waals surface area (Å²) in [5, 5.41) is 10.1. The fraction of sp³-hybridized carbons (Fsp3) is 0.524. The molecule has 0 spiro atoms. The van der Waals surface area contributed by atoms with Gasteiger partial charge >= 0.3 is 6.03 Å². The number of likely N-dealkylation sites (tertiary alicyclic amines) is 1. The molecule has 2 aromatic rings. The summed E-state index contributed by atoms with van der Waals surface area (Å²) in [4.78, 5) is 14.6. The van der Waals surface area contributed by atoms with Crippen LogP contribution in [0, 0.1) is 0 Å². The summed E-state index contributed by atoms with van der Waals surface area (Å²) in [6.45, 7) is 2.78. The van der Waals surface area contributed by atoms with Crippen molar-refractivity contribution in [3.05, 3.63) is 42.2 Å². The Morgan fingerprint density at radius 1 is 1.21 bits per heavy atom. The van der Waals surface area contributed by atoms with Crippen LogP contribution in [0.5, 0.6) is 5.75 Å². The molecule has 2 aliphatic heterocycles.